The van der Waals surface area contributed by atoms with Crippen molar-refractivity contribution >= 4 is 11.6 Å². The van der Waals surface area contributed by atoms with Crippen LogP contribution in [0.2, 0.25) is 0 Å². The van der Waals surface area contributed by atoms with Crippen molar-refractivity contribution in [3.8, 4) is 5.75 Å². The Hall–Kier alpha value is -1.56. The molecule has 0 unspecified atom stereocenters. The van der Waals surface area contributed by atoms with Crippen LogP contribution in [-0.2, 0) is 0 Å². The summed E-state index contributed by atoms with van der Waals surface area (Å²) in [7, 11) is 7.46. The average molecular weight is 225 g/mol. The molecule has 6 heteroatoms. The van der Waals surface area contributed by atoms with Gasteiger partial charge >= 0.3 is 0 Å². The van der Waals surface area contributed by atoms with Gasteiger partial charge in [0.15, 0.2) is 11.6 Å². The highest BCUT2D eigenvalue weighted by Gasteiger charge is 2.09. The summed E-state index contributed by atoms with van der Waals surface area (Å²) >= 11 is 0. The molecule has 0 fully saturated rings. The van der Waals surface area contributed by atoms with Crippen molar-refractivity contribution in [2.75, 3.05) is 52.0 Å². The zero-order valence-electron chi connectivity index (χ0n) is 10.2. The van der Waals surface area contributed by atoms with Crippen molar-refractivity contribution in [1.82, 2.24) is 14.9 Å². The Morgan fingerprint density at radius 3 is 2.56 bits per heavy atom. The van der Waals surface area contributed by atoms with Gasteiger partial charge in [0.1, 0.15) is 6.33 Å². The highest BCUT2D eigenvalue weighted by atomic mass is 16.5. The van der Waals surface area contributed by atoms with Gasteiger partial charge in [-0.2, -0.15) is 0 Å². The highest BCUT2D eigenvalue weighted by Crippen LogP contribution is 2.27. The summed E-state index contributed by atoms with van der Waals surface area (Å²) in [6, 6.07) is 0. The van der Waals surface area contributed by atoms with E-state index in [0.717, 1.165) is 13.1 Å². The van der Waals surface area contributed by atoms with E-state index in [4.69, 9.17) is 4.74 Å². The predicted molar refractivity (Wildman–Crippen MR) is 65.2 cm³/mol. The fourth-order valence-electron chi connectivity index (χ4n) is 1.27. The van der Waals surface area contributed by atoms with Gasteiger partial charge in [0.2, 0.25) is 5.75 Å². The Bertz CT molecular complexity index is 329. The molecule has 0 amide bonds. The number of anilines is 2. The van der Waals surface area contributed by atoms with E-state index in [9.17, 15) is 0 Å². The van der Waals surface area contributed by atoms with Crippen molar-refractivity contribution in [2.24, 2.45) is 0 Å². The van der Waals surface area contributed by atoms with Crippen LogP contribution in [0.25, 0.3) is 0 Å². The zero-order valence-corrected chi connectivity index (χ0v) is 10.2. The maximum absolute atomic E-state index is 5.26. The van der Waals surface area contributed by atoms with E-state index in [1.54, 1.807) is 14.2 Å². The third kappa shape index (κ3) is 3.23. The first kappa shape index (κ1) is 12.5. The second-order valence-electron chi connectivity index (χ2n) is 3.58. The number of aromatic nitrogens is 2. The molecule has 1 aromatic heterocycles. The molecule has 0 saturated heterocycles. The molecule has 0 aromatic carbocycles. The van der Waals surface area contributed by atoms with Gasteiger partial charge in [-0.25, -0.2) is 9.97 Å². The molecule has 1 heterocycles. The molecule has 0 atom stereocenters. The number of ether oxygens (including phenoxy) is 1. The third-order valence-corrected chi connectivity index (χ3v) is 2.10. The summed E-state index contributed by atoms with van der Waals surface area (Å²) in [4.78, 5) is 10.3. The topological polar surface area (TPSA) is 62.3 Å². The molecule has 6 nitrogen and oxygen atoms in total. The Labute approximate surface area is 96.0 Å². The summed E-state index contributed by atoms with van der Waals surface area (Å²) in [5.41, 5.74) is 0. The molecule has 0 bridgehead atoms. The van der Waals surface area contributed by atoms with Crippen molar-refractivity contribution in [3.05, 3.63) is 6.33 Å². The van der Waals surface area contributed by atoms with Gasteiger partial charge in [0, 0.05) is 20.1 Å². The largest absolute Gasteiger partial charge is 0.490 e. The van der Waals surface area contributed by atoms with E-state index in [2.05, 4.69) is 25.5 Å². The van der Waals surface area contributed by atoms with E-state index in [1.807, 2.05) is 14.1 Å². The molecule has 1 aromatic rings. The third-order valence-electron chi connectivity index (χ3n) is 2.10. The number of rotatable bonds is 6. The van der Waals surface area contributed by atoms with Gasteiger partial charge < -0.3 is 20.3 Å². The van der Waals surface area contributed by atoms with Crippen LogP contribution in [0.4, 0.5) is 11.6 Å². The molecule has 0 aliphatic heterocycles. The lowest BCUT2D eigenvalue weighted by molar-refractivity contribution is 0.411. The summed E-state index contributed by atoms with van der Waals surface area (Å²) in [5.74, 6) is 2.04. The summed E-state index contributed by atoms with van der Waals surface area (Å²) in [5, 5.41) is 6.17. The maximum Gasteiger partial charge on any atom is 0.204 e. The van der Waals surface area contributed by atoms with Crippen LogP contribution in [0.5, 0.6) is 5.75 Å². The van der Waals surface area contributed by atoms with E-state index in [1.165, 1.54) is 6.33 Å². The molecule has 0 aliphatic carbocycles. The molecule has 0 saturated carbocycles. The van der Waals surface area contributed by atoms with E-state index >= 15 is 0 Å². The van der Waals surface area contributed by atoms with Gasteiger partial charge in [0.05, 0.1) is 7.11 Å². The van der Waals surface area contributed by atoms with Gasteiger partial charge in [-0.1, -0.05) is 0 Å². The number of nitrogens with one attached hydrogen (secondary N) is 2. The van der Waals surface area contributed by atoms with Crippen LogP contribution in [0.1, 0.15) is 0 Å². The Morgan fingerprint density at radius 1 is 1.31 bits per heavy atom. The number of hydrogen-bond acceptors (Lipinski definition) is 6. The molecule has 0 aliphatic rings. The average Bonchev–Trinajstić information content (AvgIpc) is 2.28. The molecule has 0 radical (unpaired) electrons. The minimum atomic E-state index is 0.642. The quantitative estimate of drug-likeness (QED) is 0.735. The summed E-state index contributed by atoms with van der Waals surface area (Å²) in [6.07, 6.45) is 1.51. The maximum atomic E-state index is 5.26. The van der Waals surface area contributed by atoms with Crippen molar-refractivity contribution in [3.63, 3.8) is 0 Å². The van der Waals surface area contributed by atoms with Crippen LogP contribution in [0, 0.1) is 0 Å². The number of likely N-dealkylation sites (N-methyl/N-ethyl adjacent to an activating group) is 1. The van der Waals surface area contributed by atoms with Crippen LogP contribution in [-0.4, -0.2) is 56.2 Å². The monoisotopic (exact) mass is 225 g/mol. The van der Waals surface area contributed by atoms with Crippen LogP contribution in [0.15, 0.2) is 6.33 Å². The predicted octanol–water partition coefficient (Wildman–Crippen LogP) is 0.500. The molecular formula is C10H19N5O. The molecule has 2 N–H and O–H groups in total. The highest BCUT2D eigenvalue weighted by molar-refractivity contribution is 5.63. The molecule has 1 rings (SSSR count). The van der Waals surface area contributed by atoms with Crippen molar-refractivity contribution in [2.45, 2.75) is 0 Å². The molecule has 16 heavy (non-hydrogen) atoms. The standard InChI is InChI=1S/C10H19N5O/c1-11-9-8(16-4)10(14-7-13-9)12-5-6-15(2)3/h7H,5-6H2,1-4H3,(H2,11,12,13,14). The SMILES string of the molecule is CNc1ncnc(NCCN(C)C)c1OC. The van der Waals surface area contributed by atoms with E-state index in [0.29, 0.717) is 17.4 Å². The molecular weight excluding hydrogens is 206 g/mol. The Kier molecular flexibility index (Phi) is 4.78. The van der Waals surface area contributed by atoms with Gasteiger partial charge in [-0.3, -0.25) is 0 Å². The van der Waals surface area contributed by atoms with Crippen molar-refractivity contribution < 1.29 is 4.74 Å². The van der Waals surface area contributed by atoms with Gasteiger partial charge in [0.25, 0.3) is 0 Å². The Morgan fingerprint density at radius 2 is 2.00 bits per heavy atom. The Balaban J connectivity index is 2.71. The van der Waals surface area contributed by atoms with Crippen molar-refractivity contribution in [1.29, 1.82) is 0 Å². The second kappa shape index (κ2) is 6.12. The smallest absolute Gasteiger partial charge is 0.204 e. The normalized spacial score (nSPS) is 10.3. The van der Waals surface area contributed by atoms with Crippen LogP contribution >= 0.6 is 0 Å². The van der Waals surface area contributed by atoms with Gasteiger partial charge in [-0.05, 0) is 14.1 Å². The van der Waals surface area contributed by atoms with Gasteiger partial charge in [-0.15, -0.1) is 0 Å². The first-order chi connectivity index (χ1) is 7.69. The lowest BCUT2D eigenvalue weighted by Gasteiger charge is -2.14. The first-order valence-electron chi connectivity index (χ1n) is 5.14. The fourth-order valence-corrected chi connectivity index (χ4v) is 1.27. The molecule has 0 spiro atoms. The van der Waals surface area contributed by atoms with E-state index < -0.39 is 0 Å². The first-order valence-corrected chi connectivity index (χ1v) is 5.14. The lowest BCUT2D eigenvalue weighted by atomic mass is 10.4. The second-order valence-corrected chi connectivity index (χ2v) is 3.58. The number of hydrogen-bond donors (Lipinski definition) is 2. The minimum absolute atomic E-state index is 0.642. The number of nitrogens with zero attached hydrogens (tertiary/aromatic N) is 3. The summed E-state index contributed by atoms with van der Waals surface area (Å²) in [6.45, 7) is 1.74. The molecule has 90 valence electrons. The number of methoxy groups -OCH3 is 1. The van der Waals surface area contributed by atoms with Crippen LogP contribution < -0.4 is 15.4 Å². The zero-order chi connectivity index (χ0) is 12.0. The summed E-state index contributed by atoms with van der Waals surface area (Å²) < 4.78 is 5.26. The van der Waals surface area contributed by atoms with E-state index in [-0.39, 0.29) is 0 Å². The fraction of sp³-hybridized carbons (Fsp3) is 0.600. The minimum Gasteiger partial charge on any atom is -0.490 e. The van der Waals surface area contributed by atoms with Crippen LogP contribution in [0.3, 0.4) is 0 Å². The lowest BCUT2D eigenvalue weighted by Crippen LogP contribution is -2.21.